The van der Waals surface area contributed by atoms with Crippen LogP contribution in [-0.4, -0.2) is 23.5 Å². The van der Waals surface area contributed by atoms with Gasteiger partial charge in [-0.2, -0.15) is 0 Å². The van der Waals surface area contributed by atoms with Crippen molar-refractivity contribution in [1.29, 1.82) is 0 Å². The summed E-state index contributed by atoms with van der Waals surface area (Å²) in [6, 6.07) is 0. The summed E-state index contributed by atoms with van der Waals surface area (Å²) in [5, 5.41) is 0. The van der Waals surface area contributed by atoms with Gasteiger partial charge in [0.1, 0.15) is 0 Å². The minimum absolute atomic E-state index is 0.322. The van der Waals surface area contributed by atoms with Gasteiger partial charge in [0.05, 0.1) is 0 Å². The Morgan fingerprint density at radius 3 is 2.43 bits per heavy atom. The number of nitrogens with zero attached hydrogens (tertiary/aromatic N) is 1. The molecule has 0 aromatic heterocycles. The summed E-state index contributed by atoms with van der Waals surface area (Å²) in [5.74, 6) is 0.731. The van der Waals surface area contributed by atoms with Crippen molar-refractivity contribution < 1.29 is 0 Å². The molecule has 0 saturated heterocycles. The van der Waals surface area contributed by atoms with E-state index in [2.05, 4.69) is 45.6 Å². The maximum Gasteiger partial charge on any atom is 0.0171 e. The lowest BCUT2D eigenvalue weighted by atomic mass is 9.99. The van der Waals surface area contributed by atoms with Gasteiger partial charge in [-0.1, -0.05) is 25.5 Å². The summed E-state index contributed by atoms with van der Waals surface area (Å²) in [6.07, 6.45) is 5.06. The van der Waals surface area contributed by atoms with E-state index >= 15 is 0 Å². The van der Waals surface area contributed by atoms with Crippen molar-refractivity contribution in [3.63, 3.8) is 0 Å². The van der Waals surface area contributed by atoms with Gasteiger partial charge < -0.3 is 0 Å². The molecule has 0 aliphatic carbocycles. The molecule has 0 spiro atoms. The molecule has 0 fully saturated rings. The van der Waals surface area contributed by atoms with Crippen molar-refractivity contribution in [2.75, 3.05) is 13.1 Å². The highest BCUT2D eigenvalue weighted by molar-refractivity contribution is 5.08. The number of rotatable bonds is 1. The molecule has 0 unspecified atom stereocenters. The molecule has 0 saturated carbocycles. The lowest BCUT2D eigenvalue weighted by Gasteiger charge is -2.34. The first-order chi connectivity index (χ1) is 6.41. The fourth-order valence-electron chi connectivity index (χ4n) is 2.03. The standard InChI is InChI=1S/C13H25N/c1-11(2)12-7-6-9-14(10-8-12)13(3,4)5/h8,11H,6-7,9-10H2,1-5H3. The molecule has 0 aromatic rings. The molecule has 0 N–H and O–H groups in total. The van der Waals surface area contributed by atoms with Gasteiger partial charge in [-0.05, 0) is 46.1 Å². The molecule has 0 atom stereocenters. The Kier molecular flexibility index (Phi) is 3.77. The van der Waals surface area contributed by atoms with Crippen LogP contribution < -0.4 is 0 Å². The summed E-state index contributed by atoms with van der Waals surface area (Å²) in [4.78, 5) is 2.57. The highest BCUT2D eigenvalue weighted by atomic mass is 15.2. The fourth-order valence-corrected chi connectivity index (χ4v) is 2.03. The predicted octanol–water partition coefficient (Wildman–Crippen LogP) is 3.46. The molecule has 1 rings (SSSR count). The van der Waals surface area contributed by atoms with Gasteiger partial charge in [-0.15, -0.1) is 0 Å². The third kappa shape index (κ3) is 3.13. The molecular weight excluding hydrogens is 170 g/mol. The number of allylic oxidation sites excluding steroid dienone is 1. The zero-order valence-electron chi connectivity index (χ0n) is 10.4. The molecule has 1 heterocycles. The summed E-state index contributed by atoms with van der Waals surface area (Å²) < 4.78 is 0. The van der Waals surface area contributed by atoms with Crippen LogP contribution in [0.4, 0.5) is 0 Å². The van der Waals surface area contributed by atoms with Crippen molar-refractivity contribution in [3.8, 4) is 0 Å². The maximum atomic E-state index is 2.57. The third-order valence-corrected chi connectivity index (χ3v) is 3.16. The van der Waals surface area contributed by atoms with E-state index in [1.807, 2.05) is 0 Å². The normalized spacial score (nSPS) is 20.9. The van der Waals surface area contributed by atoms with Gasteiger partial charge in [-0.25, -0.2) is 0 Å². The summed E-state index contributed by atoms with van der Waals surface area (Å²) >= 11 is 0. The van der Waals surface area contributed by atoms with Crippen molar-refractivity contribution in [1.82, 2.24) is 4.90 Å². The molecule has 0 radical (unpaired) electrons. The van der Waals surface area contributed by atoms with E-state index in [4.69, 9.17) is 0 Å². The van der Waals surface area contributed by atoms with Crippen molar-refractivity contribution in [2.24, 2.45) is 5.92 Å². The van der Waals surface area contributed by atoms with Crippen LogP contribution in [0.5, 0.6) is 0 Å². The molecule has 0 bridgehead atoms. The zero-order chi connectivity index (χ0) is 10.8. The Morgan fingerprint density at radius 1 is 1.29 bits per heavy atom. The van der Waals surface area contributed by atoms with E-state index < -0.39 is 0 Å². The second-order valence-electron chi connectivity index (χ2n) is 5.65. The Morgan fingerprint density at radius 2 is 1.93 bits per heavy atom. The topological polar surface area (TPSA) is 3.24 Å². The average Bonchev–Trinajstić information content (AvgIpc) is 2.26. The van der Waals surface area contributed by atoms with Gasteiger partial charge >= 0.3 is 0 Å². The first kappa shape index (κ1) is 11.8. The molecule has 82 valence electrons. The maximum absolute atomic E-state index is 2.57. The van der Waals surface area contributed by atoms with E-state index in [0.29, 0.717) is 5.54 Å². The van der Waals surface area contributed by atoms with Gasteiger partial charge in [-0.3, -0.25) is 4.90 Å². The van der Waals surface area contributed by atoms with Crippen LogP contribution in [0.3, 0.4) is 0 Å². The van der Waals surface area contributed by atoms with Gasteiger partial charge in [0, 0.05) is 12.1 Å². The fraction of sp³-hybridized carbons (Fsp3) is 0.846. The molecular formula is C13H25N. The monoisotopic (exact) mass is 195 g/mol. The second-order valence-corrected chi connectivity index (χ2v) is 5.65. The van der Waals surface area contributed by atoms with Crippen LogP contribution in [0.25, 0.3) is 0 Å². The molecule has 0 amide bonds. The lowest BCUT2D eigenvalue weighted by molar-refractivity contribution is 0.155. The molecule has 1 nitrogen and oxygen atoms in total. The minimum Gasteiger partial charge on any atom is -0.295 e. The highest BCUT2D eigenvalue weighted by Crippen LogP contribution is 2.23. The second kappa shape index (κ2) is 4.48. The zero-order valence-corrected chi connectivity index (χ0v) is 10.4. The van der Waals surface area contributed by atoms with Crippen molar-refractivity contribution in [2.45, 2.75) is 53.0 Å². The predicted molar refractivity (Wildman–Crippen MR) is 63.5 cm³/mol. The summed E-state index contributed by atoms with van der Waals surface area (Å²) in [7, 11) is 0. The van der Waals surface area contributed by atoms with Crippen LogP contribution in [0.1, 0.15) is 47.5 Å². The Bertz CT molecular complexity index is 208. The van der Waals surface area contributed by atoms with E-state index in [-0.39, 0.29) is 0 Å². The number of hydrogen-bond donors (Lipinski definition) is 0. The molecule has 14 heavy (non-hydrogen) atoms. The molecule has 0 aromatic carbocycles. The van der Waals surface area contributed by atoms with Gasteiger partial charge in [0.2, 0.25) is 0 Å². The molecule has 1 aliphatic heterocycles. The van der Waals surface area contributed by atoms with Crippen LogP contribution in [-0.2, 0) is 0 Å². The molecule has 1 aliphatic rings. The number of hydrogen-bond acceptors (Lipinski definition) is 1. The van der Waals surface area contributed by atoms with Crippen LogP contribution in [0.15, 0.2) is 11.6 Å². The van der Waals surface area contributed by atoms with Crippen LogP contribution >= 0.6 is 0 Å². The lowest BCUT2D eigenvalue weighted by Crippen LogP contribution is -2.41. The van der Waals surface area contributed by atoms with Crippen LogP contribution in [0, 0.1) is 5.92 Å². The minimum atomic E-state index is 0.322. The Hall–Kier alpha value is -0.300. The van der Waals surface area contributed by atoms with E-state index in [1.165, 1.54) is 19.4 Å². The smallest absolute Gasteiger partial charge is 0.0171 e. The van der Waals surface area contributed by atoms with E-state index in [0.717, 1.165) is 12.5 Å². The Balaban J connectivity index is 2.64. The highest BCUT2D eigenvalue weighted by Gasteiger charge is 2.21. The molecule has 1 heteroatoms. The van der Waals surface area contributed by atoms with Crippen molar-refractivity contribution in [3.05, 3.63) is 11.6 Å². The summed E-state index contributed by atoms with van der Waals surface area (Å²) in [5.41, 5.74) is 1.97. The van der Waals surface area contributed by atoms with Gasteiger partial charge in [0.25, 0.3) is 0 Å². The van der Waals surface area contributed by atoms with Crippen molar-refractivity contribution >= 4 is 0 Å². The Labute approximate surface area is 89.2 Å². The SMILES string of the molecule is CC(C)C1=CCN(C(C)(C)C)CCC1. The average molecular weight is 195 g/mol. The quantitative estimate of drug-likeness (QED) is 0.579. The third-order valence-electron chi connectivity index (χ3n) is 3.16. The first-order valence-electron chi connectivity index (χ1n) is 5.85. The van der Waals surface area contributed by atoms with Gasteiger partial charge in [0.15, 0.2) is 0 Å². The first-order valence-corrected chi connectivity index (χ1v) is 5.85. The summed E-state index contributed by atoms with van der Waals surface area (Å²) in [6.45, 7) is 13.9. The van der Waals surface area contributed by atoms with E-state index in [9.17, 15) is 0 Å². The largest absolute Gasteiger partial charge is 0.295 e. The van der Waals surface area contributed by atoms with Crippen LogP contribution in [0.2, 0.25) is 0 Å². The van der Waals surface area contributed by atoms with E-state index in [1.54, 1.807) is 5.57 Å².